The second-order valence-corrected chi connectivity index (χ2v) is 7.43. The van der Waals surface area contributed by atoms with Crippen LogP contribution in [0.3, 0.4) is 0 Å². The summed E-state index contributed by atoms with van der Waals surface area (Å²) in [7, 11) is 0. The summed E-state index contributed by atoms with van der Waals surface area (Å²) in [5, 5.41) is 8.87. The highest BCUT2D eigenvalue weighted by molar-refractivity contribution is 5.63. The van der Waals surface area contributed by atoms with Gasteiger partial charge in [-0.1, -0.05) is 19.8 Å². The molecular weight excluding hydrogens is 340 g/mol. The van der Waals surface area contributed by atoms with E-state index in [1.165, 1.54) is 25.7 Å². The lowest BCUT2D eigenvalue weighted by molar-refractivity contribution is 0.467. The molecule has 0 spiro atoms. The number of anilines is 1. The molecular formula is C19H24N8. The predicted molar refractivity (Wildman–Crippen MR) is 101 cm³/mol. The number of aryl methyl sites for hydroxylation is 2. The minimum atomic E-state index is 0.188. The molecule has 1 aliphatic heterocycles. The lowest BCUT2D eigenvalue weighted by Gasteiger charge is -2.41. The third-order valence-electron chi connectivity index (χ3n) is 5.85. The molecule has 0 radical (unpaired) electrons. The van der Waals surface area contributed by atoms with Crippen LogP contribution < -0.4 is 4.90 Å². The van der Waals surface area contributed by atoms with Crippen LogP contribution in [0.25, 0.3) is 11.6 Å². The Morgan fingerprint density at radius 3 is 2.59 bits per heavy atom. The molecule has 8 heteroatoms. The SMILES string of the molecule is CC[C@@H]1c2nnc(C)n2-c2cnc(-n3ccnc3C)nc2N1C1CCCC1. The molecule has 3 aromatic heterocycles. The first kappa shape index (κ1) is 16.4. The second-order valence-electron chi connectivity index (χ2n) is 7.43. The van der Waals surface area contributed by atoms with Crippen molar-refractivity contribution in [2.24, 2.45) is 0 Å². The highest BCUT2D eigenvalue weighted by Gasteiger charge is 2.39. The summed E-state index contributed by atoms with van der Waals surface area (Å²) in [6.45, 7) is 6.18. The standard InChI is InChI=1S/C19H24N8/c1-4-15-18-24-23-13(3)26(18)16-11-21-19(25-10-9-20-12(25)2)22-17(16)27(15)14-7-5-6-8-14/h9-11,14-15H,4-8H2,1-3H3/t15-/m1/s1. The zero-order chi connectivity index (χ0) is 18.5. The summed E-state index contributed by atoms with van der Waals surface area (Å²) in [4.78, 5) is 16.5. The van der Waals surface area contributed by atoms with Crippen LogP contribution in [0.2, 0.25) is 0 Å². The van der Waals surface area contributed by atoms with Crippen LogP contribution in [0.5, 0.6) is 0 Å². The van der Waals surface area contributed by atoms with Crippen LogP contribution in [0.4, 0.5) is 5.82 Å². The van der Waals surface area contributed by atoms with Gasteiger partial charge in [0, 0.05) is 18.4 Å². The highest BCUT2D eigenvalue weighted by Crippen LogP contribution is 2.43. The smallest absolute Gasteiger partial charge is 0.237 e. The van der Waals surface area contributed by atoms with E-state index < -0.39 is 0 Å². The maximum Gasteiger partial charge on any atom is 0.237 e. The van der Waals surface area contributed by atoms with E-state index in [1.54, 1.807) is 6.20 Å². The van der Waals surface area contributed by atoms with Gasteiger partial charge in [-0.25, -0.2) is 9.97 Å². The Bertz CT molecular complexity index is 982. The number of hydrogen-bond donors (Lipinski definition) is 0. The first-order chi connectivity index (χ1) is 13.2. The predicted octanol–water partition coefficient (Wildman–Crippen LogP) is 3.07. The van der Waals surface area contributed by atoms with Crippen molar-refractivity contribution in [3.63, 3.8) is 0 Å². The van der Waals surface area contributed by atoms with Gasteiger partial charge in [0.15, 0.2) is 11.6 Å². The molecule has 140 valence electrons. The quantitative estimate of drug-likeness (QED) is 0.711. The van der Waals surface area contributed by atoms with E-state index in [9.17, 15) is 0 Å². The minimum absolute atomic E-state index is 0.188. The third-order valence-corrected chi connectivity index (χ3v) is 5.85. The molecule has 0 N–H and O–H groups in total. The van der Waals surface area contributed by atoms with Crippen molar-refractivity contribution in [3.8, 4) is 11.6 Å². The molecule has 5 rings (SSSR count). The van der Waals surface area contributed by atoms with E-state index >= 15 is 0 Å². The zero-order valence-electron chi connectivity index (χ0n) is 16.0. The summed E-state index contributed by atoms with van der Waals surface area (Å²) in [6.07, 6.45) is 11.5. The van der Waals surface area contributed by atoms with Gasteiger partial charge in [-0.2, -0.15) is 4.98 Å². The van der Waals surface area contributed by atoms with E-state index in [2.05, 4.69) is 36.6 Å². The van der Waals surface area contributed by atoms with E-state index in [4.69, 9.17) is 4.98 Å². The lowest BCUT2D eigenvalue weighted by Crippen LogP contribution is -2.42. The molecule has 4 heterocycles. The number of rotatable bonds is 3. The van der Waals surface area contributed by atoms with Crippen LogP contribution in [-0.4, -0.2) is 40.3 Å². The first-order valence-electron chi connectivity index (χ1n) is 9.77. The Hall–Kier alpha value is -2.77. The van der Waals surface area contributed by atoms with Gasteiger partial charge in [0.05, 0.1) is 12.2 Å². The van der Waals surface area contributed by atoms with Gasteiger partial charge in [0.25, 0.3) is 0 Å². The zero-order valence-corrected chi connectivity index (χ0v) is 16.0. The van der Waals surface area contributed by atoms with Gasteiger partial charge in [-0.05, 0) is 33.1 Å². The van der Waals surface area contributed by atoms with Crippen molar-refractivity contribution in [1.29, 1.82) is 0 Å². The van der Waals surface area contributed by atoms with Crippen LogP contribution in [0, 0.1) is 13.8 Å². The number of imidazole rings is 1. The summed E-state index contributed by atoms with van der Waals surface area (Å²) < 4.78 is 4.06. The van der Waals surface area contributed by atoms with Gasteiger partial charge < -0.3 is 4.90 Å². The Morgan fingerprint density at radius 2 is 1.89 bits per heavy atom. The summed E-state index contributed by atoms with van der Waals surface area (Å²) in [6, 6.07) is 0.680. The molecule has 1 atom stereocenters. The Labute approximate surface area is 158 Å². The molecule has 3 aromatic rings. The fourth-order valence-electron chi connectivity index (χ4n) is 4.56. The number of fused-ring (bicyclic) bond motifs is 3. The van der Waals surface area contributed by atoms with Crippen molar-refractivity contribution in [3.05, 3.63) is 36.1 Å². The van der Waals surface area contributed by atoms with E-state index in [-0.39, 0.29) is 6.04 Å². The average molecular weight is 364 g/mol. The molecule has 0 aromatic carbocycles. The van der Waals surface area contributed by atoms with Crippen molar-refractivity contribution in [1.82, 2.24) is 34.3 Å². The largest absolute Gasteiger partial charge is 0.341 e. The molecule has 0 amide bonds. The average Bonchev–Trinajstić information content (AvgIpc) is 3.42. The number of nitrogens with zero attached hydrogens (tertiary/aromatic N) is 8. The maximum absolute atomic E-state index is 5.02. The van der Waals surface area contributed by atoms with Gasteiger partial charge in [0.2, 0.25) is 5.95 Å². The van der Waals surface area contributed by atoms with Crippen molar-refractivity contribution < 1.29 is 0 Å². The fourth-order valence-corrected chi connectivity index (χ4v) is 4.56. The van der Waals surface area contributed by atoms with Gasteiger partial charge in [-0.15, -0.1) is 10.2 Å². The topological polar surface area (TPSA) is 77.5 Å². The summed E-state index contributed by atoms with van der Waals surface area (Å²) >= 11 is 0. The Balaban J connectivity index is 1.73. The number of hydrogen-bond acceptors (Lipinski definition) is 6. The highest BCUT2D eigenvalue weighted by atomic mass is 15.4. The molecule has 27 heavy (non-hydrogen) atoms. The van der Waals surface area contributed by atoms with E-state index in [0.717, 1.165) is 35.4 Å². The lowest BCUT2D eigenvalue weighted by atomic mass is 10.0. The van der Waals surface area contributed by atoms with Crippen LogP contribution in [-0.2, 0) is 0 Å². The minimum Gasteiger partial charge on any atom is -0.341 e. The third kappa shape index (κ3) is 2.39. The second kappa shape index (κ2) is 6.14. The molecule has 0 unspecified atom stereocenters. The van der Waals surface area contributed by atoms with E-state index in [1.807, 2.05) is 30.8 Å². The molecule has 8 nitrogen and oxygen atoms in total. The van der Waals surface area contributed by atoms with Crippen LogP contribution in [0.1, 0.15) is 62.5 Å². The first-order valence-corrected chi connectivity index (χ1v) is 9.77. The van der Waals surface area contributed by atoms with Crippen molar-refractivity contribution in [2.45, 2.75) is 65.0 Å². The van der Waals surface area contributed by atoms with Gasteiger partial charge >= 0.3 is 0 Å². The van der Waals surface area contributed by atoms with E-state index in [0.29, 0.717) is 12.0 Å². The molecule has 1 fully saturated rings. The maximum atomic E-state index is 5.02. The monoisotopic (exact) mass is 364 g/mol. The molecule has 2 aliphatic rings. The van der Waals surface area contributed by atoms with Gasteiger partial charge in [0.1, 0.15) is 17.3 Å². The summed E-state index contributed by atoms with van der Waals surface area (Å²) in [5.41, 5.74) is 0.977. The fraction of sp³-hybridized carbons (Fsp3) is 0.526. The molecule has 0 bridgehead atoms. The Kier molecular flexibility index (Phi) is 3.73. The van der Waals surface area contributed by atoms with Crippen molar-refractivity contribution in [2.75, 3.05) is 4.90 Å². The summed E-state index contributed by atoms with van der Waals surface area (Å²) in [5.74, 6) is 4.42. The molecule has 0 saturated heterocycles. The van der Waals surface area contributed by atoms with Crippen molar-refractivity contribution >= 4 is 5.82 Å². The molecule has 1 aliphatic carbocycles. The Morgan fingerprint density at radius 1 is 1.07 bits per heavy atom. The number of aromatic nitrogens is 7. The molecule has 1 saturated carbocycles. The van der Waals surface area contributed by atoms with Crippen LogP contribution in [0.15, 0.2) is 18.6 Å². The van der Waals surface area contributed by atoms with Gasteiger partial charge in [-0.3, -0.25) is 9.13 Å². The van der Waals surface area contributed by atoms with Crippen LogP contribution >= 0.6 is 0 Å². The normalized spacial score (nSPS) is 19.4.